The second-order valence-electron chi connectivity index (χ2n) is 8.82. The summed E-state index contributed by atoms with van der Waals surface area (Å²) in [6.07, 6.45) is 0. The number of rotatable bonds is 13. The highest BCUT2D eigenvalue weighted by Crippen LogP contribution is 2.47. The van der Waals surface area contributed by atoms with Crippen molar-refractivity contribution in [3.63, 3.8) is 0 Å². The largest absolute Gasteiger partial charge is 0.541 e. The molecule has 206 valence electrons. The van der Waals surface area contributed by atoms with Crippen molar-refractivity contribution in [1.82, 2.24) is 10.2 Å². The minimum absolute atomic E-state index is 0.349. The Morgan fingerprint density at radius 3 is 1.05 bits per heavy atom. The second kappa shape index (κ2) is 12.6. The third-order valence-corrected chi connectivity index (χ3v) is 8.20. The molecule has 0 aliphatic rings. The molecule has 10 heteroatoms. The Morgan fingerprint density at radius 2 is 0.775 bits per heavy atom. The molecule has 4 aromatic rings. The van der Waals surface area contributed by atoms with Crippen LogP contribution in [-0.2, 0) is 9.13 Å². The van der Waals surface area contributed by atoms with E-state index in [-0.39, 0.29) is 0 Å². The number of para-hydroxylation sites is 2. The van der Waals surface area contributed by atoms with Crippen molar-refractivity contribution in [1.29, 1.82) is 0 Å². The van der Waals surface area contributed by atoms with E-state index in [2.05, 4.69) is 23.3 Å². The molecule has 0 aliphatic carbocycles. The third kappa shape index (κ3) is 8.31. The molecule has 4 aromatic carbocycles. The zero-order valence-corrected chi connectivity index (χ0v) is 23.9. The van der Waals surface area contributed by atoms with Crippen LogP contribution in [0.25, 0.3) is 11.1 Å². The van der Waals surface area contributed by atoms with Crippen molar-refractivity contribution in [3.05, 3.63) is 134 Å². The van der Waals surface area contributed by atoms with Gasteiger partial charge < -0.3 is 18.1 Å². The molecule has 4 rings (SSSR count). The summed E-state index contributed by atoms with van der Waals surface area (Å²) < 4.78 is 49.5. The van der Waals surface area contributed by atoms with Crippen LogP contribution >= 0.6 is 15.5 Å². The van der Waals surface area contributed by atoms with Gasteiger partial charge in [-0.15, -0.1) is 0 Å². The van der Waals surface area contributed by atoms with Gasteiger partial charge in [-0.1, -0.05) is 73.8 Å². The lowest BCUT2D eigenvalue weighted by molar-refractivity contribution is 0.375. The van der Waals surface area contributed by atoms with Gasteiger partial charge in [-0.05, 0) is 73.5 Å². The van der Waals surface area contributed by atoms with Gasteiger partial charge in [0.15, 0.2) is 0 Å². The molecule has 0 heterocycles. The van der Waals surface area contributed by atoms with Crippen LogP contribution in [0.5, 0.6) is 23.0 Å². The molecule has 0 fully saturated rings. The number of nitrogens with one attached hydrogen (secondary N) is 2. The lowest BCUT2D eigenvalue weighted by atomic mass is 10.1. The van der Waals surface area contributed by atoms with E-state index in [0.29, 0.717) is 34.4 Å². The number of hydrogen-bond donors (Lipinski definition) is 2. The molecule has 0 spiro atoms. The first-order chi connectivity index (χ1) is 19.1. The predicted molar refractivity (Wildman–Crippen MR) is 158 cm³/mol. The standard InChI is InChI=1S/C30H30N2O6P2/c1-23(2)31-39(33,35-27-11-7-5-8-12-27)37-29-19-15-25(16-20-29)26-17-21-30(22-18-26)38-40(34,32-24(3)4)36-28-13-9-6-10-14-28/h5-22H,1,3H2,2,4H3,(H,31,33)(H,32,34). The van der Waals surface area contributed by atoms with Crippen LogP contribution in [0, 0.1) is 0 Å². The first-order valence-electron chi connectivity index (χ1n) is 12.3. The fraction of sp³-hybridized carbons (Fsp3) is 0.0667. The van der Waals surface area contributed by atoms with Crippen molar-refractivity contribution in [2.75, 3.05) is 0 Å². The van der Waals surface area contributed by atoms with E-state index >= 15 is 0 Å². The quantitative estimate of drug-likeness (QED) is 0.153. The lowest BCUT2D eigenvalue weighted by Crippen LogP contribution is -2.16. The Morgan fingerprint density at radius 1 is 0.500 bits per heavy atom. The first kappa shape index (κ1) is 28.6. The molecule has 8 nitrogen and oxygen atoms in total. The Kier molecular flexibility index (Phi) is 9.05. The number of hydrogen-bond acceptors (Lipinski definition) is 6. The predicted octanol–water partition coefficient (Wildman–Crippen LogP) is 8.73. The van der Waals surface area contributed by atoms with Gasteiger partial charge in [0.05, 0.1) is 0 Å². The van der Waals surface area contributed by atoms with E-state index < -0.39 is 15.5 Å². The SMILES string of the molecule is C=C(C)NP(=O)(Oc1ccccc1)Oc1ccc(-c2ccc(OP(=O)(NC(=C)C)Oc3ccccc3)cc2)cc1. The summed E-state index contributed by atoms with van der Waals surface area (Å²) in [7, 11) is -7.57. The minimum atomic E-state index is -3.79. The summed E-state index contributed by atoms with van der Waals surface area (Å²) >= 11 is 0. The summed E-state index contributed by atoms with van der Waals surface area (Å²) in [6, 6.07) is 31.6. The van der Waals surface area contributed by atoms with E-state index in [4.69, 9.17) is 18.1 Å². The van der Waals surface area contributed by atoms with E-state index in [1.165, 1.54) is 0 Å². The normalized spacial score (nSPS) is 13.6. The maximum absolute atomic E-state index is 13.4. The van der Waals surface area contributed by atoms with E-state index in [1.54, 1.807) is 86.6 Å². The van der Waals surface area contributed by atoms with Gasteiger partial charge in [-0.3, -0.25) is 10.2 Å². The van der Waals surface area contributed by atoms with Gasteiger partial charge in [0, 0.05) is 11.4 Å². The van der Waals surface area contributed by atoms with Crippen LogP contribution in [0.2, 0.25) is 0 Å². The van der Waals surface area contributed by atoms with E-state index in [0.717, 1.165) is 11.1 Å². The average molecular weight is 577 g/mol. The summed E-state index contributed by atoms with van der Waals surface area (Å²) in [5.41, 5.74) is 2.62. The average Bonchev–Trinajstić information content (AvgIpc) is 2.89. The third-order valence-electron chi connectivity index (χ3n) is 5.09. The van der Waals surface area contributed by atoms with Gasteiger partial charge in [0.2, 0.25) is 0 Å². The zero-order valence-electron chi connectivity index (χ0n) is 22.2. The molecule has 0 bridgehead atoms. The van der Waals surface area contributed by atoms with Crippen molar-refractivity contribution in [3.8, 4) is 34.1 Å². The van der Waals surface area contributed by atoms with Crippen LogP contribution in [0.15, 0.2) is 134 Å². The topological polar surface area (TPSA) is 95.1 Å². The van der Waals surface area contributed by atoms with Crippen molar-refractivity contribution < 1.29 is 27.2 Å². The summed E-state index contributed by atoms with van der Waals surface area (Å²) in [5.74, 6) is 1.49. The van der Waals surface area contributed by atoms with Crippen molar-refractivity contribution >= 4 is 15.5 Å². The van der Waals surface area contributed by atoms with Gasteiger partial charge >= 0.3 is 15.5 Å². The summed E-state index contributed by atoms with van der Waals surface area (Å²) in [6.45, 7) is 10.8. The van der Waals surface area contributed by atoms with Crippen LogP contribution in [0.3, 0.4) is 0 Å². The molecule has 2 N–H and O–H groups in total. The Hall–Kier alpha value is -4.38. The van der Waals surface area contributed by atoms with Gasteiger partial charge in [0.25, 0.3) is 0 Å². The molecular weight excluding hydrogens is 546 g/mol. The maximum atomic E-state index is 13.4. The maximum Gasteiger partial charge on any atom is 0.541 e. The van der Waals surface area contributed by atoms with E-state index in [9.17, 15) is 9.13 Å². The van der Waals surface area contributed by atoms with Gasteiger partial charge in [-0.2, -0.15) is 0 Å². The highest BCUT2D eigenvalue weighted by Gasteiger charge is 2.29. The van der Waals surface area contributed by atoms with Gasteiger partial charge in [-0.25, -0.2) is 9.13 Å². The van der Waals surface area contributed by atoms with Crippen LogP contribution in [-0.4, -0.2) is 0 Å². The second-order valence-corrected chi connectivity index (χ2v) is 12.0. The highest BCUT2D eigenvalue weighted by atomic mass is 31.2. The number of allylic oxidation sites excluding steroid dienone is 2. The fourth-order valence-electron chi connectivity index (χ4n) is 3.53. The molecular formula is C30H30N2O6P2. The molecule has 40 heavy (non-hydrogen) atoms. The summed E-state index contributed by atoms with van der Waals surface area (Å²) in [4.78, 5) is 0. The van der Waals surface area contributed by atoms with Crippen molar-refractivity contribution in [2.45, 2.75) is 13.8 Å². The molecule has 0 radical (unpaired) electrons. The lowest BCUT2D eigenvalue weighted by Gasteiger charge is -2.21. The van der Waals surface area contributed by atoms with Crippen LogP contribution in [0.1, 0.15) is 13.8 Å². The highest BCUT2D eigenvalue weighted by molar-refractivity contribution is 7.53. The Bertz CT molecular complexity index is 1420. The van der Waals surface area contributed by atoms with Crippen LogP contribution in [0.4, 0.5) is 0 Å². The molecule has 0 aromatic heterocycles. The van der Waals surface area contributed by atoms with Crippen molar-refractivity contribution in [2.24, 2.45) is 0 Å². The van der Waals surface area contributed by atoms with Gasteiger partial charge in [0.1, 0.15) is 23.0 Å². The monoisotopic (exact) mass is 576 g/mol. The molecule has 0 saturated carbocycles. The first-order valence-corrected chi connectivity index (χ1v) is 15.4. The Balaban J connectivity index is 1.46. The fourth-order valence-corrected chi connectivity index (χ4v) is 6.32. The number of benzene rings is 4. The van der Waals surface area contributed by atoms with E-state index in [1.807, 2.05) is 36.4 Å². The minimum Gasteiger partial charge on any atom is -0.400 e. The van der Waals surface area contributed by atoms with Crippen LogP contribution < -0.4 is 28.3 Å². The summed E-state index contributed by atoms with van der Waals surface area (Å²) in [5, 5.41) is 5.42. The smallest absolute Gasteiger partial charge is 0.400 e. The Labute approximate surface area is 234 Å². The molecule has 0 saturated heterocycles. The molecule has 2 atom stereocenters. The molecule has 2 unspecified atom stereocenters. The molecule has 0 amide bonds. The molecule has 0 aliphatic heterocycles. The zero-order chi connectivity index (χ0) is 28.6.